The van der Waals surface area contributed by atoms with Crippen LogP contribution in [0.4, 0.5) is 4.79 Å². The molecule has 2 rings (SSSR count). The van der Waals surface area contributed by atoms with E-state index in [4.69, 9.17) is 4.74 Å². The van der Waals surface area contributed by atoms with E-state index >= 15 is 0 Å². The van der Waals surface area contributed by atoms with Crippen molar-refractivity contribution in [2.24, 2.45) is 0 Å². The van der Waals surface area contributed by atoms with Crippen molar-refractivity contribution < 1.29 is 9.53 Å². The SMILES string of the molecule is CC(C)OC(=O)N[C@H]1CC=C(c2nccs2)CC1. The maximum atomic E-state index is 11.5. The summed E-state index contributed by atoms with van der Waals surface area (Å²) in [6, 6.07) is 0.181. The molecule has 0 fully saturated rings. The van der Waals surface area contributed by atoms with Crippen LogP contribution >= 0.6 is 11.3 Å². The number of alkyl carbamates (subject to hydrolysis) is 1. The molecular weight excluding hydrogens is 248 g/mol. The largest absolute Gasteiger partial charge is 0.447 e. The van der Waals surface area contributed by atoms with Crippen LogP contribution in [0.5, 0.6) is 0 Å². The Hall–Kier alpha value is -1.36. The summed E-state index contributed by atoms with van der Waals surface area (Å²) in [5.74, 6) is 0. The fourth-order valence-electron chi connectivity index (χ4n) is 1.96. The molecule has 1 aromatic heterocycles. The molecule has 5 heteroatoms. The molecule has 0 saturated carbocycles. The number of carbonyl (C=O) groups is 1. The summed E-state index contributed by atoms with van der Waals surface area (Å²) in [6.07, 6.45) is 6.35. The lowest BCUT2D eigenvalue weighted by molar-refractivity contribution is 0.111. The number of allylic oxidation sites excluding steroid dienone is 1. The quantitative estimate of drug-likeness (QED) is 0.914. The molecule has 0 spiro atoms. The zero-order valence-corrected chi connectivity index (χ0v) is 11.5. The van der Waals surface area contributed by atoms with Gasteiger partial charge < -0.3 is 10.1 Å². The minimum absolute atomic E-state index is 0.0741. The lowest BCUT2D eigenvalue weighted by Crippen LogP contribution is -2.37. The third-order valence-electron chi connectivity index (χ3n) is 2.78. The Morgan fingerprint density at radius 2 is 2.44 bits per heavy atom. The van der Waals surface area contributed by atoms with E-state index in [9.17, 15) is 4.79 Å². The molecule has 1 aliphatic rings. The monoisotopic (exact) mass is 266 g/mol. The number of nitrogens with zero attached hydrogens (tertiary/aromatic N) is 1. The average Bonchev–Trinajstić information content (AvgIpc) is 2.82. The summed E-state index contributed by atoms with van der Waals surface area (Å²) in [4.78, 5) is 15.8. The van der Waals surface area contributed by atoms with Crippen molar-refractivity contribution in [2.75, 3.05) is 0 Å². The van der Waals surface area contributed by atoms with E-state index in [1.165, 1.54) is 5.57 Å². The van der Waals surface area contributed by atoms with Gasteiger partial charge in [0.05, 0.1) is 6.10 Å². The second-order valence-electron chi connectivity index (χ2n) is 4.64. The standard InChI is InChI=1S/C13H18N2O2S/c1-9(2)17-13(16)15-11-5-3-10(4-6-11)12-14-7-8-18-12/h3,7-9,11H,4-6H2,1-2H3,(H,15,16)/t11-/m0/s1. The first-order valence-electron chi connectivity index (χ1n) is 6.21. The second kappa shape index (κ2) is 6.00. The molecule has 1 heterocycles. The van der Waals surface area contributed by atoms with Crippen molar-refractivity contribution in [3.8, 4) is 0 Å². The highest BCUT2D eigenvalue weighted by Gasteiger charge is 2.19. The Labute approximate surface area is 111 Å². The molecule has 0 saturated heterocycles. The van der Waals surface area contributed by atoms with Gasteiger partial charge in [-0.1, -0.05) is 6.08 Å². The fraction of sp³-hybridized carbons (Fsp3) is 0.538. The van der Waals surface area contributed by atoms with Crippen LogP contribution < -0.4 is 5.32 Å². The number of carbonyl (C=O) groups excluding carboxylic acids is 1. The molecule has 0 unspecified atom stereocenters. The Kier molecular flexibility index (Phi) is 4.36. The fourth-order valence-corrected chi connectivity index (χ4v) is 2.67. The smallest absolute Gasteiger partial charge is 0.407 e. The molecule has 1 aliphatic carbocycles. The van der Waals surface area contributed by atoms with E-state index < -0.39 is 0 Å². The summed E-state index contributed by atoms with van der Waals surface area (Å²) >= 11 is 1.66. The van der Waals surface area contributed by atoms with Gasteiger partial charge in [0.2, 0.25) is 0 Å². The normalized spacial score (nSPS) is 19.5. The molecular formula is C13H18N2O2S. The van der Waals surface area contributed by atoms with Gasteiger partial charge in [0, 0.05) is 17.6 Å². The first-order chi connectivity index (χ1) is 8.65. The Bertz CT molecular complexity index is 426. The lowest BCUT2D eigenvalue weighted by Gasteiger charge is -2.22. The number of ether oxygens (including phenoxy) is 1. The number of thiazole rings is 1. The van der Waals surface area contributed by atoms with Gasteiger partial charge in [0.1, 0.15) is 5.01 Å². The first kappa shape index (κ1) is 13.1. The highest BCUT2D eigenvalue weighted by Crippen LogP contribution is 2.28. The minimum Gasteiger partial charge on any atom is -0.447 e. The number of amides is 1. The van der Waals surface area contributed by atoms with E-state index in [0.717, 1.165) is 24.3 Å². The molecule has 0 radical (unpaired) electrons. The first-order valence-corrected chi connectivity index (χ1v) is 7.09. The highest BCUT2D eigenvalue weighted by atomic mass is 32.1. The molecule has 0 bridgehead atoms. The van der Waals surface area contributed by atoms with Crippen molar-refractivity contribution in [1.82, 2.24) is 10.3 Å². The van der Waals surface area contributed by atoms with Crippen LogP contribution in [0.1, 0.15) is 38.1 Å². The maximum absolute atomic E-state index is 11.5. The lowest BCUT2D eigenvalue weighted by atomic mass is 9.96. The van der Waals surface area contributed by atoms with E-state index in [-0.39, 0.29) is 18.2 Å². The van der Waals surface area contributed by atoms with E-state index in [2.05, 4.69) is 16.4 Å². The molecule has 1 aromatic rings. The van der Waals surface area contributed by atoms with Crippen molar-refractivity contribution in [2.45, 2.75) is 45.3 Å². The van der Waals surface area contributed by atoms with Crippen molar-refractivity contribution >= 4 is 23.0 Å². The van der Waals surface area contributed by atoms with Crippen molar-refractivity contribution in [3.05, 3.63) is 22.7 Å². The number of hydrogen-bond donors (Lipinski definition) is 1. The van der Waals surface area contributed by atoms with Crippen LogP contribution in [0.3, 0.4) is 0 Å². The summed E-state index contributed by atoms with van der Waals surface area (Å²) < 4.78 is 5.07. The zero-order chi connectivity index (χ0) is 13.0. The third kappa shape index (κ3) is 3.57. The third-order valence-corrected chi connectivity index (χ3v) is 3.63. The summed E-state index contributed by atoms with van der Waals surface area (Å²) in [6.45, 7) is 3.70. The number of rotatable bonds is 3. The molecule has 98 valence electrons. The minimum atomic E-state index is -0.318. The Morgan fingerprint density at radius 1 is 1.61 bits per heavy atom. The van der Waals surface area contributed by atoms with Gasteiger partial charge in [0.25, 0.3) is 0 Å². The highest BCUT2D eigenvalue weighted by molar-refractivity contribution is 7.10. The second-order valence-corrected chi connectivity index (χ2v) is 5.53. The number of hydrogen-bond acceptors (Lipinski definition) is 4. The predicted molar refractivity (Wildman–Crippen MR) is 72.5 cm³/mol. The van der Waals surface area contributed by atoms with Gasteiger partial charge in [-0.3, -0.25) is 0 Å². The van der Waals surface area contributed by atoms with Crippen molar-refractivity contribution in [3.63, 3.8) is 0 Å². The van der Waals surface area contributed by atoms with Gasteiger partial charge in [0.15, 0.2) is 0 Å². The molecule has 0 aliphatic heterocycles. The van der Waals surface area contributed by atoms with Gasteiger partial charge in [-0.25, -0.2) is 9.78 Å². The summed E-state index contributed by atoms with van der Waals surface area (Å²) in [5.41, 5.74) is 1.29. The number of aromatic nitrogens is 1. The van der Waals surface area contributed by atoms with E-state index in [1.54, 1.807) is 11.3 Å². The molecule has 4 nitrogen and oxygen atoms in total. The van der Waals surface area contributed by atoms with Gasteiger partial charge >= 0.3 is 6.09 Å². The van der Waals surface area contributed by atoms with E-state index in [1.807, 2.05) is 25.4 Å². The van der Waals surface area contributed by atoms with Crippen molar-refractivity contribution in [1.29, 1.82) is 0 Å². The molecule has 18 heavy (non-hydrogen) atoms. The summed E-state index contributed by atoms with van der Waals surface area (Å²) in [5, 5.41) is 5.98. The van der Waals surface area contributed by atoms with Crippen LogP contribution in [0.15, 0.2) is 17.7 Å². The van der Waals surface area contributed by atoms with Gasteiger partial charge in [-0.2, -0.15) is 0 Å². The molecule has 1 amide bonds. The van der Waals surface area contributed by atoms with Crippen LogP contribution in [-0.2, 0) is 4.74 Å². The molecule has 0 aromatic carbocycles. The average molecular weight is 266 g/mol. The topological polar surface area (TPSA) is 51.2 Å². The Morgan fingerprint density at radius 3 is 3.00 bits per heavy atom. The van der Waals surface area contributed by atoms with Gasteiger partial charge in [-0.15, -0.1) is 11.3 Å². The maximum Gasteiger partial charge on any atom is 0.407 e. The zero-order valence-electron chi connectivity index (χ0n) is 10.7. The molecule has 1 atom stereocenters. The van der Waals surface area contributed by atoms with Crippen LogP contribution in [-0.4, -0.2) is 23.2 Å². The predicted octanol–water partition coefficient (Wildman–Crippen LogP) is 3.21. The Balaban J connectivity index is 1.84. The van der Waals surface area contributed by atoms with Crippen LogP contribution in [0.25, 0.3) is 5.57 Å². The van der Waals surface area contributed by atoms with Crippen LogP contribution in [0, 0.1) is 0 Å². The summed E-state index contributed by atoms with van der Waals surface area (Å²) in [7, 11) is 0. The van der Waals surface area contributed by atoms with Crippen LogP contribution in [0.2, 0.25) is 0 Å². The number of nitrogens with one attached hydrogen (secondary N) is 1. The molecule has 1 N–H and O–H groups in total. The van der Waals surface area contributed by atoms with Gasteiger partial charge in [-0.05, 0) is 38.7 Å². The van der Waals surface area contributed by atoms with E-state index in [0.29, 0.717) is 0 Å².